The van der Waals surface area contributed by atoms with E-state index in [0.717, 1.165) is 0 Å². The first-order valence-corrected chi connectivity index (χ1v) is 4.15. The molecule has 4 heteroatoms. The third-order valence-corrected chi connectivity index (χ3v) is 2.24. The number of hydrogen-bond acceptors (Lipinski definition) is 2. The number of nitrogens with one attached hydrogen (secondary N) is 2. The highest BCUT2D eigenvalue weighted by Gasteiger charge is 2.28. The largest absolute Gasteiger partial charge is 0.332 e. The predicted molar refractivity (Wildman–Crippen MR) is 46.5 cm³/mol. The summed E-state index contributed by atoms with van der Waals surface area (Å²) in [6.45, 7) is 1.76. The first-order chi connectivity index (χ1) is 6.16. The van der Waals surface area contributed by atoms with Crippen molar-refractivity contribution in [2.24, 2.45) is 5.92 Å². The third-order valence-electron chi connectivity index (χ3n) is 2.24. The van der Waals surface area contributed by atoms with Crippen LogP contribution in [0.25, 0.3) is 0 Å². The lowest BCUT2D eigenvalue weighted by Gasteiger charge is -2.31. The molecule has 0 aromatic carbocycles. The summed E-state index contributed by atoms with van der Waals surface area (Å²) in [6.07, 6.45) is 4.88. The van der Waals surface area contributed by atoms with Crippen molar-refractivity contribution in [1.29, 1.82) is 0 Å². The Kier molecular flexibility index (Phi) is 1.69. The lowest BCUT2D eigenvalue weighted by atomic mass is 9.95. The molecule has 2 unspecified atom stereocenters. The minimum Gasteiger partial charge on any atom is -0.332 e. The van der Waals surface area contributed by atoms with Crippen molar-refractivity contribution in [3.8, 4) is 0 Å². The zero-order valence-corrected chi connectivity index (χ0v) is 7.20. The van der Waals surface area contributed by atoms with Gasteiger partial charge in [-0.05, 0) is 13.0 Å². The number of hydrogen-bond donors (Lipinski definition) is 2. The zero-order valence-electron chi connectivity index (χ0n) is 7.20. The lowest BCUT2D eigenvalue weighted by Crippen LogP contribution is -2.55. The highest BCUT2D eigenvalue weighted by atomic mass is 16.2. The maximum atomic E-state index is 11.2. The Morgan fingerprint density at radius 1 is 1.31 bits per heavy atom. The maximum absolute atomic E-state index is 11.2. The minimum atomic E-state index is -0.270. The second-order valence-corrected chi connectivity index (χ2v) is 3.25. The fourth-order valence-corrected chi connectivity index (χ4v) is 1.51. The van der Waals surface area contributed by atoms with E-state index >= 15 is 0 Å². The molecule has 4 nitrogen and oxygen atoms in total. The molecule has 13 heavy (non-hydrogen) atoms. The van der Waals surface area contributed by atoms with Gasteiger partial charge in [-0.15, -0.1) is 0 Å². The standard InChI is InChI=1S/C9H10N2O2/c1-5-4-6-2-3-7(12)10-8(6)11-9(5)13/h2-4,6,8H,1H3,(H,10,12)(H,11,13). The molecule has 0 aliphatic carbocycles. The highest BCUT2D eigenvalue weighted by Crippen LogP contribution is 2.17. The number of carbonyl (C=O) groups excluding carboxylic acids is 2. The van der Waals surface area contributed by atoms with E-state index in [1.807, 2.05) is 6.08 Å². The van der Waals surface area contributed by atoms with Crippen molar-refractivity contribution in [3.05, 3.63) is 23.8 Å². The van der Waals surface area contributed by atoms with Crippen LogP contribution >= 0.6 is 0 Å². The second kappa shape index (κ2) is 2.73. The molecule has 2 rings (SSSR count). The molecule has 2 amide bonds. The lowest BCUT2D eigenvalue weighted by molar-refractivity contribution is -0.121. The quantitative estimate of drug-likeness (QED) is 0.534. The summed E-state index contributed by atoms with van der Waals surface area (Å²) in [5, 5.41) is 5.38. The summed E-state index contributed by atoms with van der Waals surface area (Å²) in [6, 6.07) is 0. The molecule has 0 aromatic rings. The van der Waals surface area contributed by atoms with Gasteiger partial charge >= 0.3 is 0 Å². The van der Waals surface area contributed by atoms with Crippen LogP contribution in [-0.2, 0) is 9.59 Å². The smallest absolute Gasteiger partial charge is 0.248 e. The van der Waals surface area contributed by atoms with Crippen LogP contribution in [0.1, 0.15) is 6.92 Å². The van der Waals surface area contributed by atoms with Gasteiger partial charge in [0.15, 0.2) is 0 Å². The zero-order chi connectivity index (χ0) is 9.42. The van der Waals surface area contributed by atoms with Gasteiger partial charge in [-0.1, -0.05) is 12.2 Å². The van der Waals surface area contributed by atoms with E-state index in [0.29, 0.717) is 5.57 Å². The Morgan fingerprint density at radius 3 is 2.85 bits per heavy atom. The van der Waals surface area contributed by atoms with Crippen LogP contribution in [0.4, 0.5) is 0 Å². The van der Waals surface area contributed by atoms with E-state index in [1.165, 1.54) is 6.08 Å². The second-order valence-electron chi connectivity index (χ2n) is 3.25. The van der Waals surface area contributed by atoms with Gasteiger partial charge in [0, 0.05) is 11.5 Å². The Labute approximate surface area is 75.7 Å². The van der Waals surface area contributed by atoms with Gasteiger partial charge in [0.25, 0.3) is 0 Å². The fraction of sp³-hybridized carbons (Fsp3) is 0.333. The van der Waals surface area contributed by atoms with Gasteiger partial charge in [0.1, 0.15) is 6.17 Å². The molecular weight excluding hydrogens is 168 g/mol. The van der Waals surface area contributed by atoms with Crippen LogP contribution in [0.15, 0.2) is 23.8 Å². The van der Waals surface area contributed by atoms with Crippen molar-refractivity contribution >= 4 is 11.8 Å². The Morgan fingerprint density at radius 2 is 2.08 bits per heavy atom. The first kappa shape index (κ1) is 8.04. The summed E-state index contributed by atoms with van der Waals surface area (Å²) in [5.41, 5.74) is 0.696. The van der Waals surface area contributed by atoms with Gasteiger partial charge in [0.2, 0.25) is 11.8 Å². The molecule has 0 spiro atoms. The monoisotopic (exact) mass is 178 g/mol. The molecule has 68 valence electrons. The van der Waals surface area contributed by atoms with Crippen LogP contribution in [0.2, 0.25) is 0 Å². The molecule has 2 heterocycles. The van der Waals surface area contributed by atoms with Crippen molar-refractivity contribution in [2.45, 2.75) is 13.1 Å². The van der Waals surface area contributed by atoms with E-state index in [4.69, 9.17) is 0 Å². The van der Waals surface area contributed by atoms with Crippen molar-refractivity contribution in [3.63, 3.8) is 0 Å². The summed E-state index contributed by atoms with van der Waals surface area (Å²) in [4.78, 5) is 22.1. The van der Waals surface area contributed by atoms with E-state index in [-0.39, 0.29) is 23.9 Å². The Balaban J connectivity index is 2.30. The van der Waals surface area contributed by atoms with Crippen molar-refractivity contribution < 1.29 is 9.59 Å². The summed E-state index contributed by atoms with van der Waals surface area (Å²) >= 11 is 0. The van der Waals surface area contributed by atoms with Gasteiger partial charge in [0.05, 0.1) is 0 Å². The molecule has 2 atom stereocenters. The SMILES string of the molecule is CC1=CC2C=CC(=O)NC2NC1=O. The molecule has 0 saturated heterocycles. The number of rotatable bonds is 0. The predicted octanol–water partition coefficient (Wildman–Crippen LogP) is -0.309. The van der Waals surface area contributed by atoms with Gasteiger partial charge in [-0.3, -0.25) is 9.59 Å². The molecule has 2 N–H and O–H groups in total. The van der Waals surface area contributed by atoms with E-state index in [9.17, 15) is 9.59 Å². The Hall–Kier alpha value is -1.58. The minimum absolute atomic E-state index is 0.0930. The first-order valence-electron chi connectivity index (χ1n) is 4.15. The molecule has 2 aliphatic heterocycles. The van der Waals surface area contributed by atoms with Gasteiger partial charge < -0.3 is 10.6 Å². The van der Waals surface area contributed by atoms with E-state index in [1.54, 1.807) is 13.0 Å². The molecule has 0 bridgehead atoms. The number of amides is 2. The van der Waals surface area contributed by atoms with Crippen LogP contribution < -0.4 is 10.6 Å². The normalized spacial score (nSPS) is 31.6. The topological polar surface area (TPSA) is 58.2 Å². The van der Waals surface area contributed by atoms with Crippen LogP contribution in [-0.4, -0.2) is 18.0 Å². The molecular formula is C9H10N2O2. The average molecular weight is 178 g/mol. The fourth-order valence-electron chi connectivity index (χ4n) is 1.51. The van der Waals surface area contributed by atoms with Gasteiger partial charge in [-0.2, -0.15) is 0 Å². The summed E-state index contributed by atoms with van der Waals surface area (Å²) in [7, 11) is 0. The van der Waals surface area contributed by atoms with Crippen LogP contribution in [0, 0.1) is 5.92 Å². The Bertz CT molecular complexity index is 331. The molecule has 2 aliphatic rings. The van der Waals surface area contributed by atoms with Gasteiger partial charge in [-0.25, -0.2) is 0 Å². The van der Waals surface area contributed by atoms with Crippen LogP contribution in [0.5, 0.6) is 0 Å². The van der Waals surface area contributed by atoms with Crippen molar-refractivity contribution in [2.75, 3.05) is 0 Å². The average Bonchev–Trinajstić information content (AvgIpc) is 2.08. The number of carbonyl (C=O) groups is 2. The van der Waals surface area contributed by atoms with Crippen molar-refractivity contribution in [1.82, 2.24) is 10.6 Å². The summed E-state index contributed by atoms with van der Waals surface area (Å²) < 4.78 is 0. The third kappa shape index (κ3) is 1.35. The molecule has 0 fully saturated rings. The highest BCUT2D eigenvalue weighted by molar-refractivity contribution is 5.96. The summed E-state index contributed by atoms with van der Waals surface area (Å²) in [5.74, 6) is -0.179. The number of fused-ring (bicyclic) bond motifs is 1. The molecule has 0 radical (unpaired) electrons. The molecule has 0 saturated carbocycles. The van der Waals surface area contributed by atoms with Crippen LogP contribution in [0.3, 0.4) is 0 Å². The van der Waals surface area contributed by atoms with E-state index < -0.39 is 0 Å². The maximum Gasteiger partial charge on any atom is 0.248 e. The molecule has 0 aromatic heterocycles. The van der Waals surface area contributed by atoms with E-state index in [2.05, 4.69) is 10.6 Å².